The standard InChI is InChI=1S/C16H25N3/c1-2-11-5-3-6-12(9-11)16-18-10-13-14(17)7-4-8-15(13)19-16/h10-12,14H,2-9,17H2,1H3. The third-order valence-corrected chi connectivity index (χ3v) is 4.97. The van der Waals surface area contributed by atoms with E-state index in [1.54, 1.807) is 0 Å². The maximum absolute atomic E-state index is 6.14. The smallest absolute Gasteiger partial charge is 0.131 e. The second-order valence-corrected chi connectivity index (χ2v) is 6.27. The van der Waals surface area contributed by atoms with Gasteiger partial charge in [0.2, 0.25) is 0 Å². The molecule has 0 amide bonds. The third kappa shape index (κ3) is 2.66. The van der Waals surface area contributed by atoms with Gasteiger partial charge in [-0.25, -0.2) is 9.97 Å². The molecule has 0 aromatic carbocycles. The summed E-state index contributed by atoms with van der Waals surface area (Å²) >= 11 is 0. The van der Waals surface area contributed by atoms with Gasteiger partial charge in [0.05, 0.1) is 0 Å². The van der Waals surface area contributed by atoms with Crippen LogP contribution in [-0.4, -0.2) is 9.97 Å². The molecule has 0 aliphatic heterocycles. The van der Waals surface area contributed by atoms with Gasteiger partial charge in [0.25, 0.3) is 0 Å². The molecule has 19 heavy (non-hydrogen) atoms. The van der Waals surface area contributed by atoms with Crippen molar-refractivity contribution in [3.8, 4) is 0 Å². The van der Waals surface area contributed by atoms with Gasteiger partial charge in [-0.3, -0.25) is 0 Å². The van der Waals surface area contributed by atoms with Gasteiger partial charge in [0.15, 0.2) is 0 Å². The summed E-state index contributed by atoms with van der Waals surface area (Å²) in [5.74, 6) is 2.55. The van der Waals surface area contributed by atoms with Crippen molar-refractivity contribution >= 4 is 0 Å². The Bertz CT molecular complexity index is 444. The van der Waals surface area contributed by atoms with Crippen molar-refractivity contribution in [1.82, 2.24) is 9.97 Å². The van der Waals surface area contributed by atoms with Gasteiger partial charge < -0.3 is 5.73 Å². The maximum atomic E-state index is 6.14. The predicted octanol–water partition coefficient (Wildman–Crippen LogP) is 3.50. The van der Waals surface area contributed by atoms with Crippen LogP contribution in [0, 0.1) is 5.92 Å². The van der Waals surface area contributed by atoms with Crippen molar-refractivity contribution in [2.75, 3.05) is 0 Å². The Balaban J connectivity index is 1.81. The van der Waals surface area contributed by atoms with E-state index in [4.69, 9.17) is 10.7 Å². The average molecular weight is 259 g/mol. The van der Waals surface area contributed by atoms with Crippen LogP contribution in [0.3, 0.4) is 0 Å². The molecule has 3 atom stereocenters. The average Bonchev–Trinajstić information content (AvgIpc) is 2.47. The minimum atomic E-state index is 0.160. The van der Waals surface area contributed by atoms with E-state index in [1.807, 2.05) is 6.20 Å². The number of aromatic nitrogens is 2. The van der Waals surface area contributed by atoms with Gasteiger partial charge in [-0.05, 0) is 38.0 Å². The van der Waals surface area contributed by atoms with Crippen LogP contribution >= 0.6 is 0 Å². The number of rotatable bonds is 2. The third-order valence-electron chi connectivity index (χ3n) is 4.97. The molecular formula is C16H25N3. The molecule has 3 unspecified atom stereocenters. The zero-order chi connectivity index (χ0) is 13.2. The zero-order valence-corrected chi connectivity index (χ0v) is 11.9. The predicted molar refractivity (Wildman–Crippen MR) is 76.9 cm³/mol. The van der Waals surface area contributed by atoms with Crippen LogP contribution in [0.2, 0.25) is 0 Å². The van der Waals surface area contributed by atoms with E-state index in [2.05, 4.69) is 11.9 Å². The van der Waals surface area contributed by atoms with Crippen LogP contribution < -0.4 is 5.73 Å². The second kappa shape index (κ2) is 5.58. The summed E-state index contributed by atoms with van der Waals surface area (Å²) < 4.78 is 0. The quantitative estimate of drug-likeness (QED) is 0.884. The van der Waals surface area contributed by atoms with Crippen LogP contribution in [-0.2, 0) is 6.42 Å². The lowest BCUT2D eigenvalue weighted by Crippen LogP contribution is -2.22. The highest BCUT2D eigenvalue weighted by molar-refractivity contribution is 5.24. The molecule has 1 fully saturated rings. The Hall–Kier alpha value is -0.960. The molecule has 3 rings (SSSR count). The lowest BCUT2D eigenvalue weighted by atomic mass is 9.79. The Morgan fingerprint density at radius 2 is 2.16 bits per heavy atom. The topological polar surface area (TPSA) is 51.8 Å². The van der Waals surface area contributed by atoms with Gasteiger partial charge in [-0.15, -0.1) is 0 Å². The molecule has 104 valence electrons. The molecule has 2 aliphatic carbocycles. The van der Waals surface area contributed by atoms with Crippen molar-refractivity contribution in [2.45, 2.75) is 70.3 Å². The van der Waals surface area contributed by atoms with E-state index in [-0.39, 0.29) is 6.04 Å². The van der Waals surface area contributed by atoms with Gasteiger partial charge in [-0.1, -0.05) is 26.2 Å². The number of aryl methyl sites for hydroxylation is 1. The fourth-order valence-electron chi connectivity index (χ4n) is 3.69. The van der Waals surface area contributed by atoms with Crippen molar-refractivity contribution in [3.63, 3.8) is 0 Å². The van der Waals surface area contributed by atoms with Crippen molar-refractivity contribution in [2.24, 2.45) is 11.7 Å². The van der Waals surface area contributed by atoms with Gasteiger partial charge in [0.1, 0.15) is 5.82 Å². The van der Waals surface area contributed by atoms with Crippen LogP contribution in [0.4, 0.5) is 0 Å². The van der Waals surface area contributed by atoms with E-state index in [1.165, 1.54) is 49.8 Å². The second-order valence-electron chi connectivity index (χ2n) is 6.27. The van der Waals surface area contributed by atoms with Crippen molar-refractivity contribution in [3.05, 3.63) is 23.3 Å². The highest BCUT2D eigenvalue weighted by Crippen LogP contribution is 2.37. The van der Waals surface area contributed by atoms with Crippen LogP contribution in [0.15, 0.2) is 6.20 Å². The fourth-order valence-corrected chi connectivity index (χ4v) is 3.69. The normalized spacial score (nSPS) is 30.9. The fraction of sp³-hybridized carbons (Fsp3) is 0.750. The van der Waals surface area contributed by atoms with Crippen LogP contribution in [0.5, 0.6) is 0 Å². The van der Waals surface area contributed by atoms with Crippen molar-refractivity contribution in [1.29, 1.82) is 0 Å². The monoisotopic (exact) mass is 259 g/mol. The van der Waals surface area contributed by atoms with Crippen LogP contribution in [0.25, 0.3) is 0 Å². The van der Waals surface area contributed by atoms with E-state index >= 15 is 0 Å². The summed E-state index contributed by atoms with van der Waals surface area (Å²) in [5, 5.41) is 0. The Morgan fingerprint density at radius 1 is 1.26 bits per heavy atom. The minimum Gasteiger partial charge on any atom is -0.324 e. The first kappa shape index (κ1) is 13.0. The molecule has 0 saturated heterocycles. The summed E-state index contributed by atoms with van der Waals surface area (Å²) in [6.45, 7) is 2.31. The Morgan fingerprint density at radius 3 is 3.00 bits per heavy atom. The van der Waals surface area contributed by atoms with E-state index < -0.39 is 0 Å². The SMILES string of the molecule is CCC1CCCC(c2ncc3c(n2)CCCC3N)C1. The molecule has 0 radical (unpaired) electrons. The molecule has 3 heteroatoms. The maximum Gasteiger partial charge on any atom is 0.131 e. The summed E-state index contributed by atoms with van der Waals surface area (Å²) in [6, 6.07) is 0.160. The van der Waals surface area contributed by atoms with Gasteiger partial charge in [0, 0.05) is 29.4 Å². The first-order valence-electron chi connectivity index (χ1n) is 7.89. The van der Waals surface area contributed by atoms with E-state index in [0.29, 0.717) is 5.92 Å². The zero-order valence-electron chi connectivity index (χ0n) is 11.9. The Kier molecular flexibility index (Phi) is 3.83. The number of fused-ring (bicyclic) bond motifs is 1. The Labute approximate surface area is 116 Å². The number of hydrogen-bond acceptors (Lipinski definition) is 3. The highest BCUT2D eigenvalue weighted by atomic mass is 14.9. The molecule has 3 nitrogen and oxygen atoms in total. The lowest BCUT2D eigenvalue weighted by Gasteiger charge is -2.28. The number of nitrogens with zero attached hydrogens (tertiary/aromatic N) is 2. The molecule has 1 heterocycles. The lowest BCUT2D eigenvalue weighted by molar-refractivity contribution is 0.306. The summed E-state index contributed by atoms with van der Waals surface area (Å²) in [6.07, 6.45) is 11.9. The molecule has 2 aliphatic rings. The minimum absolute atomic E-state index is 0.160. The molecule has 2 N–H and O–H groups in total. The van der Waals surface area contributed by atoms with Gasteiger partial charge >= 0.3 is 0 Å². The number of nitrogens with two attached hydrogens (primary N) is 1. The highest BCUT2D eigenvalue weighted by Gasteiger charge is 2.26. The summed E-state index contributed by atoms with van der Waals surface area (Å²) in [5.41, 5.74) is 8.56. The summed E-state index contributed by atoms with van der Waals surface area (Å²) in [4.78, 5) is 9.51. The van der Waals surface area contributed by atoms with Gasteiger partial charge in [-0.2, -0.15) is 0 Å². The first-order chi connectivity index (χ1) is 9.28. The molecule has 0 spiro atoms. The molecule has 1 saturated carbocycles. The van der Waals surface area contributed by atoms with Crippen molar-refractivity contribution < 1.29 is 0 Å². The summed E-state index contributed by atoms with van der Waals surface area (Å²) in [7, 11) is 0. The van der Waals surface area contributed by atoms with E-state index in [0.717, 1.165) is 24.6 Å². The van der Waals surface area contributed by atoms with E-state index in [9.17, 15) is 0 Å². The molecular weight excluding hydrogens is 234 g/mol. The first-order valence-corrected chi connectivity index (χ1v) is 7.89. The number of hydrogen-bond donors (Lipinski definition) is 1. The molecule has 1 aromatic rings. The largest absolute Gasteiger partial charge is 0.324 e. The molecule has 0 bridgehead atoms. The molecule has 1 aromatic heterocycles. The van der Waals surface area contributed by atoms with Crippen LogP contribution in [0.1, 0.15) is 80.9 Å².